The smallest absolute Gasteiger partial charge is 0.270 e. The van der Waals surface area contributed by atoms with E-state index in [2.05, 4.69) is 21.6 Å². The zero-order chi connectivity index (χ0) is 21.4. The molecule has 1 unspecified atom stereocenters. The lowest BCUT2D eigenvalue weighted by molar-refractivity contribution is -0.546. The molecular formula is C24H32N5O2+. The van der Waals surface area contributed by atoms with Crippen molar-refractivity contribution in [1.29, 1.82) is 0 Å². The van der Waals surface area contributed by atoms with Gasteiger partial charge in [-0.05, 0) is 31.2 Å². The van der Waals surface area contributed by atoms with E-state index in [9.17, 15) is 9.59 Å². The van der Waals surface area contributed by atoms with E-state index in [1.165, 1.54) is 42.6 Å². The lowest BCUT2D eigenvalue weighted by Gasteiger charge is -2.36. The standard InChI is InChI=1S/C24H32N5O2/c1-26-21-20(22(30)29(24(26)31)15-8-12-18-10-4-2-5-11-18)28-17-9-16-27(23(28)25-21)19-13-6-3-7-14-19/h2,4-5,10-11,19-20H,3,6-9,12-17H2,1H3/q+1. The highest BCUT2D eigenvalue weighted by Gasteiger charge is 2.54. The molecule has 1 aliphatic carbocycles. The Morgan fingerprint density at radius 2 is 1.84 bits per heavy atom. The number of imide groups is 1. The Morgan fingerprint density at radius 3 is 2.61 bits per heavy atom. The number of carbonyl (C=O) groups is 2. The van der Waals surface area contributed by atoms with Crippen LogP contribution in [-0.4, -0.2) is 81.8 Å². The number of benzene rings is 1. The number of rotatable bonds is 5. The topological polar surface area (TPSA) is 59.2 Å². The minimum Gasteiger partial charge on any atom is -0.270 e. The largest absolute Gasteiger partial charge is 0.392 e. The fourth-order valence-corrected chi connectivity index (χ4v) is 5.51. The normalized spacial score (nSPS) is 24.5. The van der Waals surface area contributed by atoms with Crippen molar-refractivity contribution in [2.45, 2.75) is 63.5 Å². The highest BCUT2D eigenvalue weighted by molar-refractivity contribution is 6.22. The lowest BCUT2D eigenvalue weighted by Crippen LogP contribution is -2.63. The third-order valence-corrected chi connectivity index (χ3v) is 7.15. The third kappa shape index (κ3) is 3.64. The van der Waals surface area contributed by atoms with E-state index in [1.807, 2.05) is 18.2 Å². The van der Waals surface area contributed by atoms with Gasteiger partial charge in [0.1, 0.15) is 0 Å². The summed E-state index contributed by atoms with van der Waals surface area (Å²) < 4.78 is 2.16. The molecule has 5 rings (SSSR count). The van der Waals surface area contributed by atoms with Crippen molar-refractivity contribution in [2.24, 2.45) is 4.99 Å². The van der Waals surface area contributed by atoms with Gasteiger partial charge in [0.15, 0.2) is 0 Å². The SMILES string of the molecule is CN1C(=O)N(CCCc2ccccc2)C(=O)C2C1=NC1=[N+]2CCCN1C1CCCCC1. The Labute approximate surface area is 184 Å². The van der Waals surface area contributed by atoms with Crippen molar-refractivity contribution in [2.75, 3.05) is 26.7 Å². The summed E-state index contributed by atoms with van der Waals surface area (Å²) in [5.74, 6) is 1.40. The van der Waals surface area contributed by atoms with Crippen LogP contribution in [0.5, 0.6) is 0 Å². The molecule has 1 saturated carbocycles. The fourth-order valence-electron chi connectivity index (χ4n) is 5.51. The van der Waals surface area contributed by atoms with Crippen LogP contribution in [-0.2, 0) is 11.2 Å². The third-order valence-electron chi connectivity index (χ3n) is 7.15. The van der Waals surface area contributed by atoms with Crippen LogP contribution in [0.2, 0.25) is 0 Å². The molecule has 3 amide bonds. The highest BCUT2D eigenvalue weighted by atomic mass is 16.2. The minimum absolute atomic E-state index is 0.115. The summed E-state index contributed by atoms with van der Waals surface area (Å²) in [5, 5.41) is 0. The average Bonchev–Trinajstić information content (AvgIpc) is 3.21. The number of fused-ring (bicyclic) bond motifs is 2. The van der Waals surface area contributed by atoms with Crippen molar-refractivity contribution in [3.8, 4) is 0 Å². The van der Waals surface area contributed by atoms with E-state index < -0.39 is 6.04 Å². The van der Waals surface area contributed by atoms with Gasteiger partial charge in [0, 0.05) is 20.0 Å². The van der Waals surface area contributed by atoms with Crippen LogP contribution in [0.1, 0.15) is 50.5 Å². The first-order valence-electron chi connectivity index (χ1n) is 11.8. The van der Waals surface area contributed by atoms with Gasteiger partial charge >= 0.3 is 12.0 Å². The molecule has 7 nitrogen and oxygen atoms in total. The number of aryl methyl sites for hydroxylation is 1. The fraction of sp³-hybridized carbons (Fsp3) is 0.583. The summed E-state index contributed by atoms with van der Waals surface area (Å²) >= 11 is 0. The van der Waals surface area contributed by atoms with Gasteiger partial charge < -0.3 is 0 Å². The van der Waals surface area contributed by atoms with Gasteiger partial charge in [0.25, 0.3) is 5.91 Å². The molecular weight excluding hydrogens is 390 g/mol. The number of amides is 3. The van der Waals surface area contributed by atoms with Crippen molar-refractivity contribution in [3.63, 3.8) is 0 Å². The molecule has 31 heavy (non-hydrogen) atoms. The van der Waals surface area contributed by atoms with Gasteiger partial charge in [-0.1, -0.05) is 54.6 Å². The second-order valence-electron chi connectivity index (χ2n) is 9.13. The number of amidine groups is 1. The first kappa shape index (κ1) is 20.2. The second-order valence-corrected chi connectivity index (χ2v) is 9.13. The maximum absolute atomic E-state index is 13.5. The average molecular weight is 423 g/mol. The molecule has 0 aromatic heterocycles. The van der Waals surface area contributed by atoms with Crippen LogP contribution in [0.15, 0.2) is 35.3 Å². The Balaban J connectivity index is 1.35. The van der Waals surface area contributed by atoms with Gasteiger partial charge in [0.2, 0.25) is 11.9 Å². The number of hydrogen-bond acceptors (Lipinski definition) is 4. The predicted molar refractivity (Wildman–Crippen MR) is 119 cm³/mol. The summed E-state index contributed by atoms with van der Waals surface area (Å²) in [5.41, 5.74) is 1.23. The summed E-state index contributed by atoms with van der Waals surface area (Å²) in [7, 11) is 1.76. The quantitative estimate of drug-likeness (QED) is 0.686. The molecule has 1 atom stereocenters. The molecule has 3 aliphatic heterocycles. The zero-order valence-corrected chi connectivity index (χ0v) is 18.4. The molecule has 1 saturated heterocycles. The van der Waals surface area contributed by atoms with E-state index in [1.54, 1.807) is 11.9 Å². The molecule has 0 bridgehead atoms. The number of hydrogen-bond donors (Lipinski definition) is 0. The van der Waals surface area contributed by atoms with Crippen LogP contribution < -0.4 is 0 Å². The Morgan fingerprint density at radius 1 is 1.06 bits per heavy atom. The molecule has 1 aromatic rings. The van der Waals surface area contributed by atoms with Crippen molar-refractivity contribution >= 4 is 23.7 Å². The van der Waals surface area contributed by atoms with E-state index in [4.69, 9.17) is 4.99 Å². The Kier molecular flexibility index (Phi) is 5.50. The highest BCUT2D eigenvalue weighted by Crippen LogP contribution is 2.29. The summed E-state index contributed by atoms with van der Waals surface area (Å²) in [4.78, 5) is 36.8. The number of aliphatic imine (C=N–C) groups is 1. The lowest BCUT2D eigenvalue weighted by atomic mass is 9.94. The van der Waals surface area contributed by atoms with E-state index >= 15 is 0 Å². The summed E-state index contributed by atoms with van der Waals surface area (Å²) in [6, 6.07) is 10.0. The molecule has 4 aliphatic rings. The Hall–Kier alpha value is -2.70. The van der Waals surface area contributed by atoms with Gasteiger partial charge in [-0.3, -0.25) is 19.5 Å². The Bertz CT molecular complexity index is 919. The minimum atomic E-state index is -0.458. The molecule has 7 heteroatoms. The van der Waals surface area contributed by atoms with Gasteiger partial charge in [-0.2, -0.15) is 0 Å². The van der Waals surface area contributed by atoms with Crippen LogP contribution in [0.25, 0.3) is 0 Å². The second kappa shape index (κ2) is 8.44. The van der Waals surface area contributed by atoms with E-state index in [-0.39, 0.29) is 11.9 Å². The molecule has 0 N–H and O–H groups in total. The van der Waals surface area contributed by atoms with Gasteiger partial charge in [0.05, 0.1) is 19.1 Å². The number of carbonyl (C=O) groups excluding carboxylic acids is 2. The van der Waals surface area contributed by atoms with Crippen LogP contribution in [0, 0.1) is 0 Å². The van der Waals surface area contributed by atoms with E-state index in [0.717, 1.165) is 38.3 Å². The number of urea groups is 1. The molecule has 1 aromatic carbocycles. The number of likely N-dealkylation sites (N-methyl/N-ethyl adjacent to an activating group) is 1. The van der Waals surface area contributed by atoms with Crippen LogP contribution in [0.4, 0.5) is 4.79 Å². The first-order valence-corrected chi connectivity index (χ1v) is 11.8. The van der Waals surface area contributed by atoms with Gasteiger partial charge in [-0.15, -0.1) is 0 Å². The van der Waals surface area contributed by atoms with Gasteiger partial charge in [-0.25, -0.2) is 9.37 Å². The number of guanidine groups is 1. The first-order chi connectivity index (χ1) is 15.1. The van der Waals surface area contributed by atoms with Crippen molar-refractivity contribution in [3.05, 3.63) is 35.9 Å². The molecule has 3 heterocycles. The van der Waals surface area contributed by atoms with Crippen LogP contribution >= 0.6 is 0 Å². The molecule has 164 valence electrons. The zero-order valence-electron chi connectivity index (χ0n) is 18.4. The molecule has 2 fully saturated rings. The van der Waals surface area contributed by atoms with Crippen molar-refractivity contribution in [1.82, 2.24) is 14.7 Å². The molecule has 0 spiro atoms. The van der Waals surface area contributed by atoms with Crippen molar-refractivity contribution < 1.29 is 14.2 Å². The molecule has 0 radical (unpaired) electrons. The predicted octanol–water partition coefficient (Wildman–Crippen LogP) is 2.70. The van der Waals surface area contributed by atoms with E-state index in [0.29, 0.717) is 18.4 Å². The summed E-state index contributed by atoms with van der Waals surface area (Å²) in [6.07, 6.45) is 8.87. The van der Waals surface area contributed by atoms with Crippen LogP contribution in [0.3, 0.4) is 0 Å². The maximum atomic E-state index is 13.5. The monoisotopic (exact) mass is 422 g/mol. The maximum Gasteiger partial charge on any atom is 0.392 e. The summed E-state index contributed by atoms with van der Waals surface area (Å²) in [6.45, 7) is 2.25. The number of nitrogens with zero attached hydrogens (tertiary/aromatic N) is 5.